The highest BCUT2D eigenvalue weighted by Crippen LogP contribution is 2.70. The van der Waals surface area contributed by atoms with E-state index in [2.05, 4.69) is 0 Å². The van der Waals surface area contributed by atoms with Crippen LogP contribution in [0.5, 0.6) is 17.2 Å². The Morgan fingerprint density at radius 3 is 2.39 bits per heavy atom. The number of phenolic OH excluding ortho intramolecular Hbond substituents is 1. The van der Waals surface area contributed by atoms with Crippen LogP contribution in [0.25, 0.3) is 0 Å². The van der Waals surface area contributed by atoms with E-state index in [0.717, 1.165) is 5.57 Å². The number of rotatable bonds is 6. The lowest BCUT2D eigenvalue weighted by molar-refractivity contribution is -0.190. The second-order valence-electron chi connectivity index (χ2n) is 14.2. The van der Waals surface area contributed by atoms with Gasteiger partial charge in [-0.15, -0.1) is 0 Å². The normalized spacial score (nSPS) is 33.5. The Morgan fingerprint density at radius 2 is 1.77 bits per heavy atom. The average molecular weight is 607 g/mol. The van der Waals surface area contributed by atoms with Crippen LogP contribution in [0.2, 0.25) is 0 Å². The summed E-state index contributed by atoms with van der Waals surface area (Å²) < 4.78 is 31.3. The third kappa shape index (κ3) is 3.51. The van der Waals surface area contributed by atoms with Gasteiger partial charge in [0, 0.05) is 47.1 Å². The van der Waals surface area contributed by atoms with Crippen LogP contribution in [0.1, 0.15) is 89.7 Å². The van der Waals surface area contributed by atoms with E-state index >= 15 is 0 Å². The van der Waals surface area contributed by atoms with Gasteiger partial charge in [0.2, 0.25) is 5.78 Å². The fourth-order valence-electron chi connectivity index (χ4n) is 8.18. The van der Waals surface area contributed by atoms with Crippen molar-refractivity contribution in [1.29, 1.82) is 0 Å². The predicted octanol–water partition coefficient (Wildman–Crippen LogP) is 5.24. The summed E-state index contributed by atoms with van der Waals surface area (Å²) in [5.74, 6) is -1.29. The molecule has 1 saturated heterocycles. The van der Waals surface area contributed by atoms with E-state index < -0.39 is 45.5 Å². The van der Waals surface area contributed by atoms with Crippen molar-refractivity contribution in [2.24, 2.45) is 5.92 Å². The first-order valence-corrected chi connectivity index (χ1v) is 15.2. The summed E-state index contributed by atoms with van der Waals surface area (Å²) in [7, 11) is 2.74. The van der Waals surface area contributed by atoms with E-state index in [4.69, 9.17) is 23.7 Å². The summed E-state index contributed by atoms with van der Waals surface area (Å²) in [5.41, 5.74) is -3.38. The Balaban J connectivity index is 1.68. The van der Waals surface area contributed by atoms with Gasteiger partial charge in [-0.3, -0.25) is 9.59 Å². The molecule has 3 aliphatic carbocycles. The summed E-state index contributed by atoms with van der Waals surface area (Å²) in [5, 5.41) is 11.8. The van der Waals surface area contributed by atoms with Gasteiger partial charge < -0.3 is 28.8 Å². The molecule has 1 saturated carbocycles. The Labute approximate surface area is 258 Å². The number of carbonyl (C=O) groups is 3. The highest BCUT2D eigenvalue weighted by molar-refractivity contribution is 6.20. The zero-order valence-corrected chi connectivity index (χ0v) is 27.2. The molecule has 9 nitrogen and oxygen atoms in total. The Kier molecular flexibility index (Phi) is 6.46. The standard InChI is InChI=1S/C35H42O9/c1-17(2)11-12-20-25(36)23-26(37)21-15-33(41-10)16-22-32(7,8)44-34(30(33)39,14-13-18(3)29(38)40-9)35(21,22)43-28(23)24-27(20)42-19(4)31(24,5)6/h11,13,15,19,22,36H,12,14,16H2,1-10H3/b18-13+/t19-,22-,33+,34+,35-/m0/s1. The average Bonchev–Trinajstić information content (AvgIpc) is 3.29. The number of hydrogen-bond acceptors (Lipinski definition) is 9. The minimum absolute atomic E-state index is 0.0547. The van der Waals surface area contributed by atoms with Crippen LogP contribution in [-0.4, -0.2) is 65.4 Å². The molecule has 1 spiro atoms. The van der Waals surface area contributed by atoms with E-state index in [-0.39, 0.29) is 47.4 Å². The highest BCUT2D eigenvalue weighted by atomic mass is 16.6. The molecule has 1 N–H and O–H groups in total. The van der Waals surface area contributed by atoms with Gasteiger partial charge in [-0.05, 0) is 60.5 Å². The smallest absolute Gasteiger partial charge is 0.333 e. The largest absolute Gasteiger partial charge is 0.507 e. The molecule has 0 unspecified atom stereocenters. The highest BCUT2D eigenvalue weighted by Gasteiger charge is 2.84. The minimum atomic E-state index is -1.71. The number of Topliss-reactive ketones (excluding diaryl/α,β-unsaturated/α-hetero) is 2. The van der Waals surface area contributed by atoms with Gasteiger partial charge in [0.15, 0.2) is 17.0 Å². The molecule has 7 rings (SSSR count). The van der Waals surface area contributed by atoms with Gasteiger partial charge >= 0.3 is 5.97 Å². The number of benzene rings is 1. The van der Waals surface area contributed by atoms with Crippen molar-refractivity contribution in [1.82, 2.24) is 0 Å². The number of ether oxygens (including phenoxy) is 5. The van der Waals surface area contributed by atoms with Crippen LogP contribution < -0.4 is 9.47 Å². The monoisotopic (exact) mass is 606 g/mol. The molecule has 2 fully saturated rings. The molecule has 0 amide bonds. The van der Waals surface area contributed by atoms with Crippen LogP contribution in [-0.2, 0) is 35.6 Å². The van der Waals surface area contributed by atoms with Crippen LogP contribution >= 0.6 is 0 Å². The maximum atomic E-state index is 14.9. The summed E-state index contributed by atoms with van der Waals surface area (Å²) in [4.78, 5) is 42.0. The maximum absolute atomic E-state index is 14.9. The molecule has 9 heteroatoms. The lowest BCUT2D eigenvalue weighted by Gasteiger charge is -2.59. The van der Waals surface area contributed by atoms with Crippen LogP contribution in [0.15, 0.2) is 34.9 Å². The van der Waals surface area contributed by atoms with E-state index in [9.17, 15) is 19.5 Å². The number of fused-ring (bicyclic) bond motifs is 3. The van der Waals surface area contributed by atoms with E-state index in [1.54, 1.807) is 19.1 Å². The van der Waals surface area contributed by atoms with Crippen molar-refractivity contribution < 1.29 is 43.2 Å². The van der Waals surface area contributed by atoms with Gasteiger partial charge in [-0.1, -0.05) is 31.6 Å². The number of aromatic hydroxyl groups is 1. The Hall–Kier alpha value is -3.43. The topological polar surface area (TPSA) is 118 Å². The van der Waals surface area contributed by atoms with E-state index in [0.29, 0.717) is 28.9 Å². The summed E-state index contributed by atoms with van der Waals surface area (Å²) in [6, 6.07) is 0. The first-order valence-electron chi connectivity index (χ1n) is 15.2. The molecule has 1 aromatic rings. The van der Waals surface area contributed by atoms with Crippen molar-refractivity contribution in [2.75, 3.05) is 14.2 Å². The first kappa shape index (κ1) is 30.6. The fourth-order valence-corrected chi connectivity index (χ4v) is 8.18. The van der Waals surface area contributed by atoms with Gasteiger partial charge in [0.25, 0.3) is 0 Å². The van der Waals surface area contributed by atoms with Gasteiger partial charge in [0.1, 0.15) is 34.5 Å². The minimum Gasteiger partial charge on any atom is -0.507 e. The number of methoxy groups -OCH3 is 2. The lowest BCUT2D eigenvalue weighted by Crippen LogP contribution is -2.77. The molecular weight excluding hydrogens is 564 g/mol. The maximum Gasteiger partial charge on any atom is 0.333 e. The number of esters is 1. The van der Waals surface area contributed by atoms with Gasteiger partial charge in [-0.2, -0.15) is 0 Å². The molecule has 6 aliphatic rings. The van der Waals surface area contributed by atoms with Crippen molar-refractivity contribution >= 4 is 17.5 Å². The molecular formula is C35H42O9. The van der Waals surface area contributed by atoms with Gasteiger partial charge in [0.05, 0.1) is 12.7 Å². The zero-order valence-electron chi connectivity index (χ0n) is 27.2. The molecule has 3 aliphatic heterocycles. The van der Waals surface area contributed by atoms with E-state index in [1.807, 2.05) is 54.5 Å². The number of carbonyl (C=O) groups excluding carboxylic acids is 3. The summed E-state index contributed by atoms with van der Waals surface area (Å²) in [6.07, 6.45) is 5.45. The van der Waals surface area contributed by atoms with E-state index in [1.165, 1.54) is 14.2 Å². The molecule has 44 heavy (non-hydrogen) atoms. The fraction of sp³-hybridized carbons (Fsp3) is 0.571. The third-order valence-electron chi connectivity index (χ3n) is 10.9. The van der Waals surface area contributed by atoms with Crippen molar-refractivity contribution in [3.05, 3.63) is 51.6 Å². The molecule has 3 heterocycles. The number of ketones is 2. The SMILES string of the molecule is COC(=O)/C(C)=C/C[C@]12OC(C)(C)[C@@H]3C[C@](OC)(C=C4C(=O)c5c(O)c(CC=C(C)C)c6c(c5O[C@@]431)C(C)(C)[C@H](C)O6)C2=O. The first-order chi connectivity index (χ1) is 20.5. The molecule has 0 radical (unpaired) electrons. The summed E-state index contributed by atoms with van der Waals surface area (Å²) in [6.45, 7) is 15.3. The predicted molar refractivity (Wildman–Crippen MR) is 161 cm³/mol. The molecule has 0 aromatic heterocycles. The van der Waals surface area contributed by atoms with Crippen LogP contribution in [0, 0.1) is 5.92 Å². The van der Waals surface area contributed by atoms with Crippen LogP contribution in [0.4, 0.5) is 0 Å². The van der Waals surface area contributed by atoms with Gasteiger partial charge in [-0.25, -0.2) is 4.79 Å². The molecule has 236 valence electrons. The third-order valence-corrected chi connectivity index (χ3v) is 10.9. The molecule has 4 bridgehead atoms. The zero-order chi connectivity index (χ0) is 32.4. The Bertz CT molecular complexity index is 1620. The van der Waals surface area contributed by atoms with Crippen molar-refractivity contribution in [3.63, 3.8) is 0 Å². The second kappa shape index (κ2) is 9.30. The lowest BCUT2D eigenvalue weighted by atomic mass is 9.49. The summed E-state index contributed by atoms with van der Waals surface area (Å²) >= 11 is 0. The Morgan fingerprint density at radius 1 is 1.09 bits per heavy atom. The van der Waals surface area contributed by atoms with Crippen LogP contribution in [0.3, 0.4) is 0 Å². The number of allylic oxidation sites excluding steroid dienone is 2. The second-order valence-corrected chi connectivity index (χ2v) is 14.2. The molecule has 5 atom stereocenters. The quantitative estimate of drug-likeness (QED) is 0.263. The molecule has 1 aromatic carbocycles. The number of phenols is 1. The number of hydrogen-bond donors (Lipinski definition) is 1. The van der Waals surface area contributed by atoms with Crippen molar-refractivity contribution in [3.8, 4) is 17.2 Å². The van der Waals surface area contributed by atoms with Crippen molar-refractivity contribution in [2.45, 2.75) is 109 Å².